The number of carbonyl (C=O) groups is 1. The number of halogens is 1. The highest BCUT2D eigenvalue weighted by Gasteiger charge is 2.05. The van der Waals surface area contributed by atoms with E-state index in [2.05, 4.69) is 22.5 Å². The molecule has 0 aliphatic rings. The molecule has 1 rings (SSSR count). The topological polar surface area (TPSA) is 88.7 Å². The Morgan fingerprint density at radius 1 is 1.12 bits per heavy atom. The summed E-state index contributed by atoms with van der Waals surface area (Å²) < 4.78 is 5.11. The first-order chi connectivity index (χ1) is 12.2. The van der Waals surface area contributed by atoms with Crippen LogP contribution < -0.4 is 21.1 Å². The number of carbonyl (C=O) groups excluding carboxylic acids is 1. The molecule has 0 saturated heterocycles. The van der Waals surface area contributed by atoms with Gasteiger partial charge in [-0.2, -0.15) is 0 Å². The zero-order valence-corrected chi connectivity index (χ0v) is 18.3. The Balaban J connectivity index is 0.00000625. The molecule has 0 heterocycles. The van der Waals surface area contributed by atoms with Crippen molar-refractivity contribution >= 4 is 35.8 Å². The number of hydrogen-bond acceptors (Lipinski definition) is 3. The van der Waals surface area contributed by atoms with E-state index >= 15 is 0 Å². The summed E-state index contributed by atoms with van der Waals surface area (Å²) in [5.74, 6) is 0.962. The first kappa shape index (κ1) is 24.5. The van der Waals surface area contributed by atoms with Gasteiger partial charge in [-0.15, -0.1) is 24.0 Å². The molecule has 1 amide bonds. The average molecular weight is 476 g/mol. The van der Waals surface area contributed by atoms with Gasteiger partial charge in [-0.05, 0) is 24.6 Å². The van der Waals surface area contributed by atoms with Crippen molar-refractivity contribution in [3.05, 3.63) is 29.8 Å². The van der Waals surface area contributed by atoms with Crippen molar-refractivity contribution in [3.8, 4) is 5.75 Å². The third kappa shape index (κ3) is 11.2. The molecule has 0 saturated carbocycles. The minimum atomic E-state index is -0.136. The lowest BCUT2D eigenvalue weighted by molar-refractivity contribution is 0.0954. The van der Waals surface area contributed by atoms with Crippen molar-refractivity contribution in [1.29, 1.82) is 0 Å². The third-order valence-corrected chi connectivity index (χ3v) is 3.84. The molecular formula is C19H33IN4O2. The van der Waals surface area contributed by atoms with E-state index in [0.717, 1.165) is 13.0 Å². The molecule has 0 spiro atoms. The highest BCUT2D eigenvalue weighted by molar-refractivity contribution is 14.0. The van der Waals surface area contributed by atoms with Crippen molar-refractivity contribution in [2.75, 3.05) is 26.7 Å². The summed E-state index contributed by atoms with van der Waals surface area (Å²) in [6.45, 7) is 3.99. The molecule has 0 unspecified atom stereocenters. The van der Waals surface area contributed by atoms with Crippen LogP contribution in [-0.4, -0.2) is 38.6 Å². The van der Waals surface area contributed by atoms with E-state index in [1.54, 1.807) is 31.4 Å². The van der Waals surface area contributed by atoms with Crippen LogP contribution in [0.2, 0.25) is 0 Å². The predicted molar refractivity (Wildman–Crippen MR) is 119 cm³/mol. The Morgan fingerprint density at radius 3 is 2.54 bits per heavy atom. The molecule has 4 N–H and O–H groups in total. The number of aliphatic imine (C=N–C) groups is 1. The highest BCUT2D eigenvalue weighted by Crippen LogP contribution is 2.12. The van der Waals surface area contributed by atoms with Gasteiger partial charge in [-0.3, -0.25) is 9.79 Å². The average Bonchev–Trinajstić information content (AvgIpc) is 2.64. The van der Waals surface area contributed by atoms with Gasteiger partial charge in [0, 0.05) is 25.2 Å². The first-order valence-electron chi connectivity index (χ1n) is 9.13. The highest BCUT2D eigenvalue weighted by atomic mass is 127. The van der Waals surface area contributed by atoms with E-state index in [-0.39, 0.29) is 29.9 Å². The Morgan fingerprint density at radius 2 is 1.81 bits per heavy atom. The molecule has 0 aliphatic heterocycles. The van der Waals surface area contributed by atoms with Gasteiger partial charge in [0.05, 0.1) is 7.11 Å². The molecule has 0 atom stereocenters. The molecule has 26 heavy (non-hydrogen) atoms. The summed E-state index contributed by atoms with van der Waals surface area (Å²) in [4.78, 5) is 16.3. The van der Waals surface area contributed by atoms with E-state index in [1.807, 2.05) is 0 Å². The largest absolute Gasteiger partial charge is 0.497 e. The zero-order valence-electron chi connectivity index (χ0n) is 15.9. The second-order valence-corrected chi connectivity index (χ2v) is 5.95. The normalized spacial score (nSPS) is 10.8. The second-order valence-electron chi connectivity index (χ2n) is 5.95. The van der Waals surface area contributed by atoms with Crippen LogP contribution in [-0.2, 0) is 0 Å². The number of unbranched alkanes of at least 4 members (excludes halogenated alkanes) is 5. The van der Waals surface area contributed by atoms with E-state index in [1.165, 1.54) is 32.1 Å². The van der Waals surface area contributed by atoms with Gasteiger partial charge in [0.2, 0.25) is 0 Å². The Hall–Kier alpha value is -1.51. The van der Waals surface area contributed by atoms with Crippen LogP contribution in [0.15, 0.2) is 29.3 Å². The number of benzene rings is 1. The number of guanidine groups is 1. The van der Waals surface area contributed by atoms with Crippen LogP contribution in [0.4, 0.5) is 0 Å². The monoisotopic (exact) mass is 476 g/mol. The van der Waals surface area contributed by atoms with E-state index in [0.29, 0.717) is 30.4 Å². The number of nitrogens with one attached hydrogen (secondary N) is 2. The molecule has 0 bridgehead atoms. The summed E-state index contributed by atoms with van der Waals surface area (Å²) in [5.41, 5.74) is 6.38. The number of ether oxygens (including phenoxy) is 1. The molecule has 6 nitrogen and oxygen atoms in total. The van der Waals surface area contributed by atoms with Gasteiger partial charge in [0.15, 0.2) is 5.96 Å². The molecule has 148 valence electrons. The molecular weight excluding hydrogens is 443 g/mol. The van der Waals surface area contributed by atoms with Gasteiger partial charge in [-0.25, -0.2) is 0 Å². The van der Waals surface area contributed by atoms with Crippen LogP contribution in [0.25, 0.3) is 0 Å². The number of amides is 1. The molecule has 1 aromatic carbocycles. The molecule has 1 aromatic rings. The van der Waals surface area contributed by atoms with E-state index in [4.69, 9.17) is 10.5 Å². The van der Waals surface area contributed by atoms with Gasteiger partial charge in [0.25, 0.3) is 5.91 Å². The number of hydrogen-bond donors (Lipinski definition) is 3. The second kappa shape index (κ2) is 15.7. The van der Waals surface area contributed by atoms with Crippen molar-refractivity contribution in [2.24, 2.45) is 10.7 Å². The summed E-state index contributed by atoms with van der Waals surface area (Å²) >= 11 is 0. The van der Waals surface area contributed by atoms with Crippen molar-refractivity contribution in [1.82, 2.24) is 10.6 Å². The summed E-state index contributed by atoms with van der Waals surface area (Å²) in [7, 11) is 1.58. The van der Waals surface area contributed by atoms with Crippen LogP contribution in [0.3, 0.4) is 0 Å². The lowest BCUT2D eigenvalue weighted by Crippen LogP contribution is -2.38. The molecule has 7 heteroatoms. The molecule has 0 aliphatic carbocycles. The molecule has 0 radical (unpaired) electrons. The van der Waals surface area contributed by atoms with Gasteiger partial charge in [0.1, 0.15) is 5.75 Å². The molecule has 0 fully saturated rings. The third-order valence-electron chi connectivity index (χ3n) is 3.84. The number of nitrogens with two attached hydrogens (primary N) is 1. The number of rotatable bonds is 12. The Bertz CT molecular complexity index is 538. The van der Waals surface area contributed by atoms with E-state index in [9.17, 15) is 4.79 Å². The zero-order chi connectivity index (χ0) is 18.3. The minimum absolute atomic E-state index is 0. The number of nitrogens with zero attached hydrogens (tertiary/aromatic N) is 1. The van der Waals surface area contributed by atoms with E-state index < -0.39 is 0 Å². The first-order valence-corrected chi connectivity index (χ1v) is 9.13. The SMILES string of the molecule is CCCCCCCCN=C(N)NCCNC(=O)c1cccc(OC)c1.I. The summed E-state index contributed by atoms with van der Waals surface area (Å²) in [6.07, 6.45) is 7.43. The van der Waals surface area contributed by atoms with Gasteiger partial charge >= 0.3 is 0 Å². The van der Waals surface area contributed by atoms with Crippen LogP contribution in [0.5, 0.6) is 5.75 Å². The summed E-state index contributed by atoms with van der Waals surface area (Å²) in [5, 5.41) is 5.85. The smallest absolute Gasteiger partial charge is 0.251 e. The standard InChI is InChI=1S/C19H32N4O2.HI/c1-3-4-5-6-7-8-12-22-19(20)23-14-13-21-18(24)16-10-9-11-17(15-16)25-2;/h9-11,15H,3-8,12-14H2,1-2H3,(H,21,24)(H3,20,22,23);1H. The van der Waals surface area contributed by atoms with Gasteiger partial charge in [-0.1, -0.05) is 45.1 Å². The molecule has 0 aromatic heterocycles. The lowest BCUT2D eigenvalue weighted by Gasteiger charge is -2.08. The van der Waals surface area contributed by atoms with Crippen LogP contribution in [0.1, 0.15) is 55.8 Å². The Kier molecular flexibility index (Phi) is 14.8. The fourth-order valence-corrected chi connectivity index (χ4v) is 2.38. The number of methoxy groups -OCH3 is 1. The van der Waals surface area contributed by atoms with Crippen molar-refractivity contribution in [2.45, 2.75) is 45.4 Å². The van der Waals surface area contributed by atoms with Gasteiger partial charge < -0.3 is 21.1 Å². The predicted octanol–water partition coefficient (Wildman–Crippen LogP) is 3.31. The van der Waals surface area contributed by atoms with Crippen molar-refractivity contribution in [3.63, 3.8) is 0 Å². The minimum Gasteiger partial charge on any atom is -0.497 e. The maximum atomic E-state index is 12.0. The van der Waals surface area contributed by atoms with Crippen molar-refractivity contribution < 1.29 is 9.53 Å². The fourth-order valence-electron chi connectivity index (χ4n) is 2.38. The van der Waals surface area contributed by atoms with Crippen LogP contribution in [0, 0.1) is 0 Å². The fraction of sp³-hybridized carbons (Fsp3) is 0.579. The maximum absolute atomic E-state index is 12.0. The Labute approximate surface area is 174 Å². The van der Waals surface area contributed by atoms with Crippen LogP contribution >= 0.6 is 24.0 Å². The summed E-state index contributed by atoms with van der Waals surface area (Å²) in [6, 6.07) is 7.05. The maximum Gasteiger partial charge on any atom is 0.251 e. The lowest BCUT2D eigenvalue weighted by atomic mass is 10.1. The quantitative estimate of drug-likeness (QED) is 0.187.